The maximum Gasteiger partial charge on any atom is 0.313 e. The molecule has 4 aliphatic rings. The highest BCUT2D eigenvalue weighted by molar-refractivity contribution is 8.45. The smallest absolute Gasteiger partial charge is 0.313 e. The number of nitrogens with zero attached hydrogens (tertiary/aromatic N) is 5. The van der Waals surface area contributed by atoms with Crippen LogP contribution in [0.2, 0.25) is 0 Å². The number of anilines is 2. The van der Waals surface area contributed by atoms with Gasteiger partial charge in [0.15, 0.2) is 0 Å². The highest BCUT2D eigenvalue weighted by atomic mass is 32.5. The van der Waals surface area contributed by atoms with Crippen LogP contribution in [-0.4, -0.2) is 59.7 Å². The summed E-state index contributed by atoms with van der Waals surface area (Å²) in [5.74, 6) is 0.945. The largest absolute Gasteiger partial charge is 0.394 e. The van der Waals surface area contributed by atoms with Gasteiger partial charge in [0, 0.05) is 30.2 Å². The summed E-state index contributed by atoms with van der Waals surface area (Å²) in [6.07, 6.45) is 4.71. The molecular formula is C21H25F5N6O2S2. The van der Waals surface area contributed by atoms with Crippen LogP contribution in [0.5, 0.6) is 0 Å². The molecule has 2 unspecified atom stereocenters. The van der Waals surface area contributed by atoms with Crippen LogP contribution in [0.25, 0.3) is 0 Å². The lowest BCUT2D eigenvalue weighted by Crippen LogP contribution is -2.49. The normalized spacial score (nSPS) is 28.9. The highest BCUT2D eigenvalue weighted by Gasteiger charge is 2.66. The van der Waals surface area contributed by atoms with Crippen molar-refractivity contribution in [3.63, 3.8) is 0 Å². The number of aromatic nitrogens is 4. The second kappa shape index (κ2) is 7.25. The Morgan fingerprint density at radius 2 is 1.78 bits per heavy atom. The van der Waals surface area contributed by atoms with Crippen LogP contribution in [0, 0.1) is 0 Å². The average molecular weight is 553 g/mol. The first-order chi connectivity index (χ1) is 16.8. The SMILES string of the molecule is O=[S@@]1c2c(NC3(CO)CCC3)nc(N3CCC(c4ncc(S(F)(F)(F)(F)F)cn4)CC3)nc2C2CC21. The summed E-state index contributed by atoms with van der Waals surface area (Å²) in [5.41, 5.74) is 0.317. The fraction of sp³-hybridized carbons (Fsp3) is 0.619. The first kappa shape index (κ1) is 24.2. The third-order valence-electron chi connectivity index (χ3n) is 7.67. The number of piperidine rings is 1. The van der Waals surface area contributed by atoms with Crippen molar-refractivity contribution in [2.24, 2.45) is 0 Å². The quantitative estimate of drug-likeness (QED) is 0.501. The van der Waals surface area contributed by atoms with E-state index in [1.54, 1.807) is 0 Å². The zero-order valence-corrected chi connectivity index (χ0v) is 20.7. The number of aliphatic hydroxyl groups is 1. The van der Waals surface area contributed by atoms with E-state index in [1.165, 1.54) is 0 Å². The molecule has 4 heterocycles. The van der Waals surface area contributed by atoms with Gasteiger partial charge in [-0.3, -0.25) is 4.21 Å². The third-order valence-corrected chi connectivity index (χ3v) is 10.7. The standard InChI is InChI=1S/C21H25F5N6O2S2/c22-36(23,24,25,26)13-9-27-18(28-10-13)12-2-6-32(7-3-12)20-29-16-14-8-15(14)35(34)17(16)19(30-20)31-21(11-33)4-1-5-21/h9-10,12,14-15,33H,1-8,11H2,(H,29,30,31)/t14?,15?,35-/m0/s1. The Hall–Kier alpha value is -2.13. The predicted molar refractivity (Wildman–Crippen MR) is 124 cm³/mol. The van der Waals surface area contributed by atoms with Gasteiger partial charge in [0.05, 0.1) is 41.0 Å². The Labute approximate surface area is 206 Å². The van der Waals surface area contributed by atoms with E-state index in [-0.39, 0.29) is 41.9 Å². The molecule has 1 saturated heterocycles. The van der Waals surface area contributed by atoms with Gasteiger partial charge in [0.25, 0.3) is 0 Å². The van der Waals surface area contributed by atoms with E-state index < -0.39 is 31.5 Å². The molecule has 2 N–H and O–H groups in total. The number of hydrogen-bond acceptors (Lipinski definition) is 8. The molecular weight excluding hydrogens is 527 g/mol. The third kappa shape index (κ3) is 4.12. The van der Waals surface area contributed by atoms with Gasteiger partial charge in [-0.1, -0.05) is 19.4 Å². The maximum atomic E-state index is 13.0. The van der Waals surface area contributed by atoms with Crippen molar-refractivity contribution in [1.29, 1.82) is 0 Å². The molecule has 2 aromatic heterocycles. The second-order valence-corrected chi connectivity index (χ2v) is 14.2. The predicted octanol–water partition coefficient (Wildman–Crippen LogP) is 4.61. The first-order valence-electron chi connectivity index (χ1n) is 11.8. The first-order valence-corrected chi connectivity index (χ1v) is 15.0. The zero-order valence-electron chi connectivity index (χ0n) is 19.0. The van der Waals surface area contributed by atoms with E-state index in [0.29, 0.717) is 42.6 Å². The topological polar surface area (TPSA) is 104 Å². The fourth-order valence-corrected chi connectivity index (χ4v) is 7.54. The Balaban J connectivity index is 1.21. The van der Waals surface area contributed by atoms with Gasteiger partial charge >= 0.3 is 10.2 Å². The van der Waals surface area contributed by atoms with Gasteiger partial charge in [-0.25, -0.2) is 15.0 Å². The van der Waals surface area contributed by atoms with Crippen LogP contribution < -0.4 is 10.2 Å². The molecule has 2 aromatic rings. The van der Waals surface area contributed by atoms with Gasteiger partial charge in [-0.2, -0.15) is 4.98 Å². The number of rotatable bonds is 6. The minimum atomic E-state index is -9.81. The number of fused-ring (bicyclic) bond motifs is 3. The van der Waals surface area contributed by atoms with Crippen molar-refractivity contribution in [3.05, 3.63) is 23.9 Å². The Morgan fingerprint density at radius 1 is 1.11 bits per heavy atom. The van der Waals surface area contributed by atoms with Crippen molar-refractivity contribution >= 4 is 32.8 Å². The molecule has 2 aliphatic heterocycles. The van der Waals surface area contributed by atoms with Gasteiger partial charge in [0.1, 0.15) is 21.4 Å². The molecule has 198 valence electrons. The summed E-state index contributed by atoms with van der Waals surface area (Å²) < 4.78 is 77.7. The van der Waals surface area contributed by atoms with Crippen LogP contribution in [0.4, 0.5) is 31.2 Å². The summed E-state index contributed by atoms with van der Waals surface area (Å²) in [4.78, 5) is 17.2. The highest BCUT2D eigenvalue weighted by Crippen LogP contribution is 3.01. The minimum Gasteiger partial charge on any atom is -0.394 e. The van der Waals surface area contributed by atoms with Crippen LogP contribution in [-0.2, 0) is 10.8 Å². The molecule has 0 aromatic carbocycles. The van der Waals surface area contributed by atoms with E-state index in [0.717, 1.165) is 31.4 Å². The van der Waals surface area contributed by atoms with E-state index in [2.05, 4.69) is 15.3 Å². The lowest BCUT2D eigenvalue weighted by atomic mass is 9.77. The van der Waals surface area contributed by atoms with E-state index in [9.17, 15) is 28.7 Å². The van der Waals surface area contributed by atoms with Crippen molar-refractivity contribution in [2.45, 2.75) is 70.9 Å². The van der Waals surface area contributed by atoms with Crippen LogP contribution in [0.3, 0.4) is 0 Å². The Morgan fingerprint density at radius 3 is 2.33 bits per heavy atom. The van der Waals surface area contributed by atoms with Crippen molar-refractivity contribution in [2.75, 3.05) is 29.9 Å². The van der Waals surface area contributed by atoms with E-state index in [4.69, 9.17) is 9.97 Å². The fourth-order valence-electron chi connectivity index (χ4n) is 5.23. The number of nitrogens with one attached hydrogen (secondary N) is 1. The number of aliphatic hydroxyl groups excluding tert-OH is 1. The molecule has 0 radical (unpaired) electrons. The van der Waals surface area contributed by atoms with E-state index >= 15 is 0 Å². The molecule has 0 spiro atoms. The molecule has 3 fully saturated rings. The maximum absolute atomic E-state index is 13.0. The molecule has 36 heavy (non-hydrogen) atoms. The lowest BCUT2D eigenvalue weighted by Gasteiger charge is -2.42. The van der Waals surface area contributed by atoms with Gasteiger partial charge < -0.3 is 15.3 Å². The molecule has 3 atom stereocenters. The average Bonchev–Trinajstić information content (AvgIpc) is 3.55. The van der Waals surface area contributed by atoms with Crippen molar-refractivity contribution in [1.82, 2.24) is 19.9 Å². The van der Waals surface area contributed by atoms with Crippen LogP contribution >= 0.6 is 10.2 Å². The molecule has 2 saturated carbocycles. The molecule has 0 amide bonds. The summed E-state index contributed by atoms with van der Waals surface area (Å²) >= 11 is 0. The van der Waals surface area contributed by atoms with Crippen molar-refractivity contribution < 1.29 is 28.7 Å². The Bertz CT molecular complexity index is 1250. The number of halogens is 5. The summed E-state index contributed by atoms with van der Waals surface area (Å²) in [7, 11) is -11.0. The van der Waals surface area contributed by atoms with Gasteiger partial charge in [0.2, 0.25) is 5.95 Å². The summed E-state index contributed by atoms with van der Waals surface area (Å²) in [5, 5.41) is 13.3. The summed E-state index contributed by atoms with van der Waals surface area (Å²) in [6, 6.07) is 0. The van der Waals surface area contributed by atoms with Gasteiger partial charge in [-0.15, -0.1) is 0 Å². The van der Waals surface area contributed by atoms with Crippen molar-refractivity contribution in [3.8, 4) is 0 Å². The second-order valence-electron chi connectivity index (χ2n) is 10.2. The molecule has 8 nitrogen and oxygen atoms in total. The van der Waals surface area contributed by atoms with Crippen LogP contribution in [0.1, 0.15) is 61.9 Å². The molecule has 0 bridgehead atoms. The van der Waals surface area contributed by atoms with E-state index in [1.807, 2.05) is 4.90 Å². The van der Waals surface area contributed by atoms with Crippen LogP contribution in [0.15, 0.2) is 22.2 Å². The lowest BCUT2D eigenvalue weighted by molar-refractivity contribution is 0.143. The summed E-state index contributed by atoms with van der Waals surface area (Å²) in [6.45, 7) is 0.891. The van der Waals surface area contributed by atoms with Gasteiger partial charge in [-0.05, 0) is 38.5 Å². The monoisotopic (exact) mass is 552 g/mol. The molecule has 6 rings (SSSR count). The Kier molecular flexibility index (Phi) is 4.88. The molecule has 2 aliphatic carbocycles. The minimum absolute atomic E-state index is 0.0488. The zero-order chi connectivity index (χ0) is 25.6. The molecule has 15 heteroatoms. The number of hydrogen-bond donors (Lipinski definition) is 2.